The third-order valence-electron chi connectivity index (χ3n) is 4.43. The summed E-state index contributed by atoms with van der Waals surface area (Å²) < 4.78 is 0. The second-order valence-corrected chi connectivity index (χ2v) is 6.10. The predicted octanol–water partition coefficient (Wildman–Crippen LogP) is 3.38. The van der Waals surface area contributed by atoms with Gasteiger partial charge in [-0.1, -0.05) is 50.2 Å². The van der Waals surface area contributed by atoms with Crippen LogP contribution in [0.25, 0.3) is 10.9 Å². The van der Waals surface area contributed by atoms with Gasteiger partial charge in [0, 0.05) is 28.4 Å². The van der Waals surface area contributed by atoms with Crippen LogP contribution < -0.4 is 10.7 Å². The molecule has 1 heterocycles. The fraction of sp³-hybridized carbons (Fsp3) is 0.190. The van der Waals surface area contributed by atoms with Crippen LogP contribution >= 0.6 is 0 Å². The highest BCUT2D eigenvalue weighted by Crippen LogP contribution is 2.22. The number of anilines is 1. The monoisotopic (exact) mass is 362 g/mol. The summed E-state index contributed by atoms with van der Waals surface area (Å²) in [6, 6.07) is 13.6. The smallest absolute Gasteiger partial charge is 0.329 e. The SMILES string of the molecule is CCc1cccc(CC)c1NC(=O)C(=O)N/N=C/c1c[nH]c2ccccc12. The molecule has 0 aliphatic rings. The summed E-state index contributed by atoms with van der Waals surface area (Å²) in [6.45, 7) is 4.02. The molecule has 3 aromatic rings. The molecule has 138 valence electrons. The molecule has 0 aliphatic carbocycles. The van der Waals surface area contributed by atoms with Gasteiger partial charge in [0.05, 0.1) is 6.21 Å². The first-order chi connectivity index (χ1) is 13.1. The molecule has 0 unspecified atom stereocenters. The van der Waals surface area contributed by atoms with Crippen molar-refractivity contribution in [2.45, 2.75) is 26.7 Å². The van der Waals surface area contributed by atoms with Crippen LogP contribution in [0.4, 0.5) is 5.69 Å². The van der Waals surface area contributed by atoms with Gasteiger partial charge in [0.25, 0.3) is 0 Å². The molecule has 2 amide bonds. The number of carbonyl (C=O) groups is 2. The lowest BCUT2D eigenvalue weighted by atomic mass is 10.0. The Balaban J connectivity index is 1.67. The van der Waals surface area contributed by atoms with Gasteiger partial charge in [-0.3, -0.25) is 9.59 Å². The highest BCUT2D eigenvalue weighted by Gasteiger charge is 2.16. The fourth-order valence-corrected chi connectivity index (χ4v) is 2.99. The number of amides is 2. The molecule has 2 aromatic carbocycles. The number of nitrogens with zero attached hydrogens (tertiary/aromatic N) is 1. The van der Waals surface area contributed by atoms with E-state index in [1.165, 1.54) is 6.21 Å². The van der Waals surface area contributed by atoms with E-state index in [4.69, 9.17) is 0 Å². The number of hydrogen-bond donors (Lipinski definition) is 3. The molecule has 27 heavy (non-hydrogen) atoms. The van der Waals surface area contributed by atoms with Gasteiger partial charge in [0.1, 0.15) is 0 Å². The molecular weight excluding hydrogens is 340 g/mol. The van der Waals surface area contributed by atoms with Gasteiger partial charge in [-0.25, -0.2) is 5.43 Å². The standard InChI is InChI=1S/C21H22N4O2/c1-3-14-8-7-9-15(4-2)19(14)24-20(26)21(27)25-23-13-16-12-22-18-11-6-5-10-17(16)18/h5-13,22H,3-4H2,1-2H3,(H,24,26)(H,25,27)/b23-13+. The number of aromatic amines is 1. The molecule has 0 aliphatic heterocycles. The Bertz CT molecular complexity index is 982. The largest absolute Gasteiger partial charge is 0.361 e. The number of aromatic nitrogens is 1. The van der Waals surface area contributed by atoms with Crippen LogP contribution in [0.5, 0.6) is 0 Å². The number of fused-ring (bicyclic) bond motifs is 1. The minimum absolute atomic E-state index is 0.711. The van der Waals surface area contributed by atoms with Gasteiger partial charge in [-0.05, 0) is 30.0 Å². The van der Waals surface area contributed by atoms with E-state index >= 15 is 0 Å². The molecule has 3 rings (SSSR count). The molecule has 6 heteroatoms. The summed E-state index contributed by atoms with van der Waals surface area (Å²) >= 11 is 0. The van der Waals surface area contributed by atoms with Crippen molar-refractivity contribution in [2.75, 3.05) is 5.32 Å². The maximum absolute atomic E-state index is 12.3. The lowest BCUT2D eigenvalue weighted by Gasteiger charge is -2.13. The van der Waals surface area contributed by atoms with Crippen LogP contribution in [-0.2, 0) is 22.4 Å². The Kier molecular flexibility index (Phi) is 5.66. The molecule has 0 saturated carbocycles. The normalized spacial score (nSPS) is 11.0. The maximum Gasteiger partial charge on any atom is 0.329 e. The second-order valence-electron chi connectivity index (χ2n) is 6.10. The first-order valence-electron chi connectivity index (χ1n) is 8.95. The number of carbonyl (C=O) groups excluding carboxylic acids is 2. The van der Waals surface area contributed by atoms with Crippen LogP contribution in [0, 0.1) is 0 Å². The first kappa shape index (κ1) is 18.4. The van der Waals surface area contributed by atoms with Crippen LogP contribution in [0.3, 0.4) is 0 Å². The molecule has 0 bridgehead atoms. The number of aryl methyl sites for hydroxylation is 2. The van der Waals surface area contributed by atoms with E-state index in [-0.39, 0.29) is 0 Å². The number of rotatable bonds is 5. The van der Waals surface area contributed by atoms with Crippen molar-refractivity contribution in [3.05, 3.63) is 65.4 Å². The summed E-state index contributed by atoms with van der Waals surface area (Å²) in [4.78, 5) is 27.5. The van der Waals surface area contributed by atoms with Crippen LogP contribution in [-0.4, -0.2) is 23.0 Å². The van der Waals surface area contributed by atoms with E-state index in [2.05, 4.69) is 20.8 Å². The van der Waals surface area contributed by atoms with E-state index in [1.54, 1.807) is 6.20 Å². The summed E-state index contributed by atoms with van der Waals surface area (Å²) in [6.07, 6.45) is 4.85. The molecular formula is C21H22N4O2. The van der Waals surface area contributed by atoms with E-state index in [0.717, 1.165) is 40.4 Å². The number of H-pyrrole nitrogens is 1. The molecule has 3 N–H and O–H groups in total. The Morgan fingerprint density at radius 3 is 2.41 bits per heavy atom. The molecule has 1 aromatic heterocycles. The summed E-state index contributed by atoms with van der Waals surface area (Å²) in [5.74, 6) is -1.54. The van der Waals surface area contributed by atoms with Crippen LogP contribution in [0.15, 0.2) is 53.8 Å². The van der Waals surface area contributed by atoms with Gasteiger partial charge in [-0.15, -0.1) is 0 Å². The summed E-state index contributed by atoms with van der Waals surface area (Å²) in [7, 11) is 0. The number of nitrogens with one attached hydrogen (secondary N) is 3. The van der Waals surface area contributed by atoms with E-state index in [9.17, 15) is 9.59 Å². The molecule has 0 atom stereocenters. The Morgan fingerprint density at radius 2 is 1.70 bits per heavy atom. The van der Waals surface area contributed by atoms with Crippen LogP contribution in [0.1, 0.15) is 30.5 Å². The highest BCUT2D eigenvalue weighted by molar-refractivity contribution is 6.39. The van der Waals surface area contributed by atoms with E-state index in [1.807, 2.05) is 56.3 Å². The predicted molar refractivity (Wildman–Crippen MR) is 108 cm³/mol. The minimum atomic E-state index is -0.806. The third kappa shape index (κ3) is 4.06. The maximum atomic E-state index is 12.3. The Hall–Kier alpha value is -3.41. The molecule has 0 radical (unpaired) electrons. The topological polar surface area (TPSA) is 86.3 Å². The molecule has 0 spiro atoms. The fourth-order valence-electron chi connectivity index (χ4n) is 2.99. The zero-order valence-electron chi connectivity index (χ0n) is 15.4. The average Bonchev–Trinajstić information content (AvgIpc) is 3.11. The zero-order valence-corrected chi connectivity index (χ0v) is 15.4. The third-order valence-corrected chi connectivity index (χ3v) is 4.43. The lowest BCUT2D eigenvalue weighted by molar-refractivity contribution is -0.136. The van der Waals surface area contributed by atoms with Gasteiger partial charge < -0.3 is 10.3 Å². The van der Waals surface area contributed by atoms with Crippen molar-refractivity contribution in [3.8, 4) is 0 Å². The van der Waals surface area contributed by atoms with Crippen LogP contribution in [0.2, 0.25) is 0 Å². The molecule has 6 nitrogen and oxygen atoms in total. The van der Waals surface area contributed by atoms with Crippen molar-refractivity contribution in [3.63, 3.8) is 0 Å². The first-order valence-corrected chi connectivity index (χ1v) is 8.95. The highest BCUT2D eigenvalue weighted by atomic mass is 16.2. The van der Waals surface area contributed by atoms with E-state index in [0.29, 0.717) is 5.69 Å². The van der Waals surface area contributed by atoms with Gasteiger partial charge in [0.15, 0.2) is 0 Å². The van der Waals surface area contributed by atoms with Gasteiger partial charge >= 0.3 is 11.8 Å². The van der Waals surface area contributed by atoms with Crippen molar-refractivity contribution in [2.24, 2.45) is 5.10 Å². The molecule has 0 saturated heterocycles. The van der Waals surface area contributed by atoms with Gasteiger partial charge in [0.2, 0.25) is 0 Å². The Morgan fingerprint density at radius 1 is 1.00 bits per heavy atom. The van der Waals surface area contributed by atoms with Gasteiger partial charge in [-0.2, -0.15) is 5.10 Å². The number of benzene rings is 2. The number of hydrazone groups is 1. The average molecular weight is 362 g/mol. The van der Waals surface area contributed by atoms with Crippen molar-refractivity contribution < 1.29 is 9.59 Å². The van der Waals surface area contributed by atoms with Crippen molar-refractivity contribution in [1.82, 2.24) is 10.4 Å². The zero-order chi connectivity index (χ0) is 19.2. The van der Waals surface area contributed by atoms with Crippen molar-refractivity contribution in [1.29, 1.82) is 0 Å². The Labute approximate surface area is 157 Å². The second kappa shape index (κ2) is 8.31. The minimum Gasteiger partial charge on any atom is -0.361 e. The molecule has 0 fully saturated rings. The van der Waals surface area contributed by atoms with Crippen molar-refractivity contribution >= 4 is 34.6 Å². The quantitative estimate of drug-likeness (QED) is 0.369. The number of hydrogen-bond acceptors (Lipinski definition) is 3. The summed E-state index contributed by atoms with van der Waals surface area (Å²) in [5, 5.41) is 7.62. The summed E-state index contributed by atoms with van der Waals surface area (Å²) in [5.41, 5.74) is 6.80. The van der Waals surface area contributed by atoms with E-state index < -0.39 is 11.8 Å². The lowest BCUT2D eigenvalue weighted by Crippen LogP contribution is -2.33. The number of para-hydroxylation sites is 2.